The van der Waals surface area contributed by atoms with Crippen molar-refractivity contribution in [1.82, 2.24) is 10.2 Å². The third-order valence-electron chi connectivity index (χ3n) is 3.64. The van der Waals surface area contributed by atoms with E-state index >= 15 is 0 Å². The van der Waals surface area contributed by atoms with E-state index in [9.17, 15) is 18.0 Å². The minimum absolute atomic E-state index is 0.0188. The number of carboxylic acid groups (broad SMARTS) is 1. The van der Waals surface area contributed by atoms with Crippen molar-refractivity contribution < 1.29 is 27.5 Å². The fraction of sp³-hybridized carbons (Fsp3) is 0.357. The minimum Gasteiger partial charge on any atom is -0.481 e. The number of nitrogens with zero attached hydrogens (tertiary/aromatic N) is 2. The molecule has 1 aliphatic carbocycles. The molecule has 0 unspecified atom stereocenters. The minimum atomic E-state index is -4.48. The summed E-state index contributed by atoms with van der Waals surface area (Å²) in [6, 6.07) is 2.87. The molecular weight excluding hydrogens is 369 g/mol. The topological polar surface area (TPSA) is 76.2 Å². The molecule has 24 heavy (non-hydrogen) atoms. The van der Waals surface area contributed by atoms with Gasteiger partial charge in [-0.1, -0.05) is 23.4 Å². The molecule has 0 saturated heterocycles. The second kappa shape index (κ2) is 6.29. The van der Waals surface area contributed by atoms with Crippen molar-refractivity contribution in [2.24, 2.45) is 5.92 Å². The number of aromatic nitrogens is 2. The Hall–Kier alpha value is -1.74. The van der Waals surface area contributed by atoms with Gasteiger partial charge >= 0.3 is 12.1 Å². The van der Waals surface area contributed by atoms with Crippen LogP contribution in [0.2, 0.25) is 5.02 Å². The third-order valence-corrected chi connectivity index (χ3v) is 5.04. The predicted molar refractivity (Wildman–Crippen MR) is 79.8 cm³/mol. The summed E-state index contributed by atoms with van der Waals surface area (Å²) in [5, 5.41) is 16.6. The number of alkyl halides is 3. The van der Waals surface area contributed by atoms with Gasteiger partial charge in [-0.3, -0.25) is 4.79 Å². The summed E-state index contributed by atoms with van der Waals surface area (Å²) < 4.78 is 43.3. The van der Waals surface area contributed by atoms with Crippen molar-refractivity contribution in [3.05, 3.63) is 28.8 Å². The Morgan fingerprint density at radius 1 is 1.33 bits per heavy atom. The van der Waals surface area contributed by atoms with Crippen LogP contribution in [0.3, 0.4) is 0 Å². The molecule has 1 aromatic heterocycles. The standard InChI is InChI=1S/C14H10ClF3N2O3S/c15-10-5-7(14(16,17)18)1-2-9(10)11-19-20-13(23-11)24-8-3-6(4-8)12(21)22/h1-2,5-6,8H,3-4H2,(H,21,22). The van der Waals surface area contributed by atoms with E-state index in [-0.39, 0.29) is 32.9 Å². The van der Waals surface area contributed by atoms with E-state index in [1.54, 1.807) is 0 Å². The summed E-state index contributed by atoms with van der Waals surface area (Å²) in [5.41, 5.74) is -0.652. The first kappa shape index (κ1) is 17.1. The zero-order chi connectivity index (χ0) is 17.5. The fourth-order valence-electron chi connectivity index (χ4n) is 2.24. The van der Waals surface area contributed by atoms with Crippen LogP contribution in [-0.4, -0.2) is 26.5 Å². The van der Waals surface area contributed by atoms with Gasteiger partial charge < -0.3 is 9.52 Å². The molecule has 0 spiro atoms. The first-order valence-electron chi connectivity index (χ1n) is 6.84. The highest BCUT2D eigenvalue weighted by molar-refractivity contribution is 7.99. The highest BCUT2D eigenvalue weighted by atomic mass is 35.5. The molecule has 1 fully saturated rings. The molecule has 0 atom stereocenters. The fourth-order valence-corrected chi connectivity index (χ4v) is 3.66. The first-order valence-corrected chi connectivity index (χ1v) is 8.10. The van der Waals surface area contributed by atoms with E-state index in [0.717, 1.165) is 12.1 Å². The molecule has 0 aliphatic heterocycles. The second-order valence-electron chi connectivity index (χ2n) is 5.31. The molecular formula is C14H10ClF3N2O3S. The maximum Gasteiger partial charge on any atom is 0.416 e. The largest absolute Gasteiger partial charge is 0.481 e. The summed E-state index contributed by atoms with van der Waals surface area (Å²) in [6.07, 6.45) is -3.46. The number of thioether (sulfide) groups is 1. The van der Waals surface area contributed by atoms with Crippen molar-refractivity contribution >= 4 is 29.3 Å². The van der Waals surface area contributed by atoms with Gasteiger partial charge in [-0.05, 0) is 31.0 Å². The number of hydrogen-bond donors (Lipinski definition) is 1. The monoisotopic (exact) mass is 378 g/mol. The predicted octanol–water partition coefficient (Wildman–Crippen LogP) is 4.36. The Kier molecular flexibility index (Phi) is 4.48. The highest BCUT2D eigenvalue weighted by Gasteiger charge is 2.36. The molecule has 1 aliphatic rings. The number of aliphatic carboxylic acids is 1. The van der Waals surface area contributed by atoms with Gasteiger partial charge in [0.1, 0.15) is 0 Å². The van der Waals surface area contributed by atoms with Crippen LogP contribution in [-0.2, 0) is 11.0 Å². The van der Waals surface area contributed by atoms with Crippen molar-refractivity contribution in [3.8, 4) is 11.5 Å². The lowest BCUT2D eigenvalue weighted by Crippen LogP contribution is -2.32. The Balaban J connectivity index is 1.71. The second-order valence-corrected chi connectivity index (χ2v) is 6.97. The van der Waals surface area contributed by atoms with Gasteiger partial charge in [0.25, 0.3) is 5.22 Å². The van der Waals surface area contributed by atoms with Gasteiger partial charge in [0.2, 0.25) is 5.89 Å². The smallest absolute Gasteiger partial charge is 0.416 e. The van der Waals surface area contributed by atoms with Crippen molar-refractivity contribution in [3.63, 3.8) is 0 Å². The number of hydrogen-bond acceptors (Lipinski definition) is 5. The van der Waals surface area contributed by atoms with Crippen LogP contribution in [0.1, 0.15) is 18.4 Å². The average molecular weight is 379 g/mol. The van der Waals surface area contributed by atoms with Gasteiger partial charge in [0.15, 0.2) is 0 Å². The van der Waals surface area contributed by atoms with Gasteiger partial charge in [-0.2, -0.15) is 13.2 Å². The van der Waals surface area contributed by atoms with E-state index < -0.39 is 17.7 Å². The zero-order valence-electron chi connectivity index (χ0n) is 11.9. The van der Waals surface area contributed by atoms with Crippen LogP contribution < -0.4 is 0 Å². The summed E-state index contributed by atoms with van der Waals surface area (Å²) in [7, 11) is 0. The van der Waals surface area contributed by atoms with Crippen molar-refractivity contribution in [1.29, 1.82) is 0 Å². The van der Waals surface area contributed by atoms with E-state index in [1.165, 1.54) is 17.8 Å². The molecule has 3 rings (SSSR count). The van der Waals surface area contributed by atoms with Gasteiger partial charge in [0.05, 0.1) is 22.1 Å². The van der Waals surface area contributed by atoms with Crippen molar-refractivity contribution in [2.75, 3.05) is 0 Å². The molecule has 1 aromatic carbocycles. The van der Waals surface area contributed by atoms with E-state index in [0.29, 0.717) is 12.8 Å². The summed E-state index contributed by atoms with van der Waals surface area (Å²) in [5.74, 6) is -1.16. The van der Waals surface area contributed by atoms with Crippen LogP contribution in [0.25, 0.3) is 11.5 Å². The lowest BCUT2D eigenvalue weighted by molar-refractivity contribution is -0.144. The molecule has 1 heterocycles. The molecule has 0 bridgehead atoms. The van der Waals surface area contributed by atoms with E-state index in [2.05, 4.69) is 10.2 Å². The number of carboxylic acids is 1. The number of rotatable bonds is 4. The molecule has 5 nitrogen and oxygen atoms in total. The molecule has 1 saturated carbocycles. The Morgan fingerprint density at radius 3 is 2.62 bits per heavy atom. The Labute approximate surface area is 143 Å². The summed E-state index contributed by atoms with van der Waals surface area (Å²) in [6.45, 7) is 0. The van der Waals surface area contributed by atoms with Crippen LogP contribution in [0, 0.1) is 5.92 Å². The van der Waals surface area contributed by atoms with Crippen LogP contribution >= 0.6 is 23.4 Å². The lowest BCUT2D eigenvalue weighted by atomic mass is 9.85. The molecule has 128 valence electrons. The molecule has 1 N–H and O–H groups in total. The third kappa shape index (κ3) is 3.51. The van der Waals surface area contributed by atoms with Crippen LogP contribution in [0.15, 0.2) is 27.8 Å². The lowest BCUT2D eigenvalue weighted by Gasteiger charge is -2.30. The van der Waals surface area contributed by atoms with Crippen molar-refractivity contribution in [2.45, 2.75) is 29.5 Å². The quantitative estimate of drug-likeness (QED) is 0.851. The normalized spacial score (nSPS) is 20.7. The number of benzene rings is 1. The average Bonchev–Trinajstić information content (AvgIpc) is 2.89. The summed E-state index contributed by atoms with van der Waals surface area (Å²) in [4.78, 5) is 10.7. The molecule has 0 amide bonds. The van der Waals surface area contributed by atoms with E-state index in [4.69, 9.17) is 21.1 Å². The maximum atomic E-state index is 12.6. The molecule has 2 aromatic rings. The van der Waals surface area contributed by atoms with Gasteiger partial charge in [-0.25, -0.2) is 0 Å². The Bertz CT molecular complexity index is 775. The van der Waals surface area contributed by atoms with Gasteiger partial charge in [0, 0.05) is 5.25 Å². The number of halogens is 4. The first-order chi connectivity index (χ1) is 11.2. The maximum absolute atomic E-state index is 12.6. The Morgan fingerprint density at radius 2 is 2.04 bits per heavy atom. The number of carbonyl (C=O) groups is 1. The molecule has 0 radical (unpaired) electrons. The van der Waals surface area contributed by atoms with Gasteiger partial charge in [-0.15, -0.1) is 10.2 Å². The highest BCUT2D eigenvalue weighted by Crippen LogP contribution is 2.41. The van der Waals surface area contributed by atoms with Crippen LogP contribution in [0.4, 0.5) is 13.2 Å². The van der Waals surface area contributed by atoms with Crippen LogP contribution in [0.5, 0.6) is 0 Å². The SMILES string of the molecule is O=C(O)C1CC(Sc2nnc(-c3ccc(C(F)(F)F)cc3Cl)o2)C1. The zero-order valence-corrected chi connectivity index (χ0v) is 13.5. The molecule has 10 heteroatoms. The summed E-state index contributed by atoms with van der Waals surface area (Å²) >= 11 is 7.13. The van der Waals surface area contributed by atoms with E-state index in [1.807, 2.05) is 0 Å².